The zero-order chi connectivity index (χ0) is 22.1. The van der Waals surface area contributed by atoms with Crippen molar-refractivity contribution in [3.63, 3.8) is 0 Å². The lowest BCUT2D eigenvalue weighted by Gasteiger charge is -2.25. The van der Waals surface area contributed by atoms with Gasteiger partial charge in [0.15, 0.2) is 0 Å². The van der Waals surface area contributed by atoms with E-state index in [4.69, 9.17) is 10.5 Å². The van der Waals surface area contributed by atoms with Gasteiger partial charge in [-0.25, -0.2) is 0 Å². The number of esters is 1. The summed E-state index contributed by atoms with van der Waals surface area (Å²) in [5, 5.41) is 6.88. The summed E-state index contributed by atoms with van der Waals surface area (Å²) in [6, 6.07) is 16.2. The zero-order valence-electron chi connectivity index (χ0n) is 18.4. The monoisotopic (exact) mass is 429 g/mol. The Labute approximate surface area is 186 Å². The van der Waals surface area contributed by atoms with Crippen molar-refractivity contribution in [2.75, 3.05) is 24.7 Å². The molecule has 30 heavy (non-hydrogen) atoms. The smallest absolute Gasteiger partial charge is 0.322 e. The first kappa shape index (κ1) is 24.3. The lowest BCUT2D eigenvalue weighted by Crippen LogP contribution is -2.40. The van der Waals surface area contributed by atoms with Crippen LogP contribution in [0, 0.1) is 5.92 Å². The summed E-state index contributed by atoms with van der Waals surface area (Å²) in [6.07, 6.45) is 0.721. The van der Waals surface area contributed by atoms with Gasteiger partial charge >= 0.3 is 5.97 Å². The van der Waals surface area contributed by atoms with Crippen molar-refractivity contribution in [2.24, 2.45) is 11.7 Å². The van der Waals surface area contributed by atoms with Gasteiger partial charge in [0.2, 0.25) is 0 Å². The summed E-state index contributed by atoms with van der Waals surface area (Å²) in [6.45, 7) is 6.95. The number of thiol groups is 1. The van der Waals surface area contributed by atoms with E-state index in [1.54, 1.807) is 0 Å². The Morgan fingerprint density at radius 3 is 2.43 bits per heavy atom. The fourth-order valence-corrected chi connectivity index (χ4v) is 3.59. The lowest BCUT2D eigenvalue weighted by molar-refractivity contribution is -0.143. The Hall–Kier alpha value is -2.02. The van der Waals surface area contributed by atoms with Crippen LogP contribution < -0.4 is 16.4 Å². The third-order valence-electron chi connectivity index (χ3n) is 5.05. The Morgan fingerprint density at radius 1 is 1.13 bits per heavy atom. The molecule has 0 saturated heterocycles. The number of nitrogens with two attached hydrogens (primary N) is 1. The van der Waals surface area contributed by atoms with Crippen LogP contribution in [0.2, 0.25) is 0 Å². The molecular weight excluding hydrogens is 394 g/mol. The summed E-state index contributed by atoms with van der Waals surface area (Å²) in [7, 11) is 1.44. The van der Waals surface area contributed by atoms with Crippen LogP contribution in [-0.2, 0) is 9.53 Å². The standard InChI is InChI=1S/C24H35N3O2S/c1-16(2)12-23(24(28)29-4)27-17(3)21-11-10-20(26-14-19(25)15-30)13-22(21)18-8-6-5-7-9-18/h5-11,13,16-17,19,23,26-27,30H,12,14-15,25H2,1-4H3/t17?,19-,23+/m1/s1. The molecule has 6 heteroatoms. The molecule has 0 fully saturated rings. The molecule has 4 N–H and O–H groups in total. The third kappa shape index (κ3) is 7.04. The van der Waals surface area contributed by atoms with Gasteiger partial charge in [-0.3, -0.25) is 10.1 Å². The number of anilines is 1. The molecule has 0 aliphatic heterocycles. The van der Waals surface area contributed by atoms with E-state index in [9.17, 15) is 4.79 Å². The van der Waals surface area contributed by atoms with Gasteiger partial charge in [0.05, 0.1) is 7.11 Å². The van der Waals surface area contributed by atoms with E-state index in [2.05, 4.69) is 74.4 Å². The molecule has 0 aromatic heterocycles. The molecule has 0 amide bonds. The lowest BCUT2D eigenvalue weighted by atomic mass is 9.93. The first-order valence-electron chi connectivity index (χ1n) is 10.5. The summed E-state index contributed by atoms with van der Waals surface area (Å²) >= 11 is 4.25. The Bertz CT molecular complexity index is 798. The SMILES string of the molecule is COC(=O)[C@H](CC(C)C)NC(C)c1ccc(NC[C@@H](N)CS)cc1-c1ccccc1. The number of carbonyl (C=O) groups is 1. The van der Waals surface area contributed by atoms with Crippen LogP contribution in [-0.4, -0.2) is 37.5 Å². The van der Waals surface area contributed by atoms with Gasteiger partial charge in [-0.1, -0.05) is 50.2 Å². The van der Waals surface area contributed by atoms with Crippen molar-refractivity contribution in [2.45, 2.75) is 45.3 Å². The van der Waals surface area contributed by atoms with Gasteiger partial charge in [-0.05, 0) is 48.1 Å². The highest BCUT2D eigenvalue weighted by molar-refractivity contribution is 7.80. The number of nitrogens with one attached hydrogen (secondary N) is 2. The molecule has 0 radical (unpaired) electrons. The van der Waals surface area contributed by atoms with Gasteiger partial charge < -0.3 is 15.8 Å². The number of benzene rings is 2. The normalized spacial score (nSPS) is 14.2. The van der Waals surface area contributed by atoms with Crippen LogP contribution >= 0.6 is 12.6 Å². The van der Waals surface area contributed by atoms with Crippen molar-refractivity contribution in [1.82, 2.24) is 5.32 Å². The van der Waals surface area contributed by atoms with Gasteiger partial charge in [-0.15, -0.1) is 0 Å². The van der Waals surface area contributed by atoms with Crippen molar-refractivity contribution >= 4 is 24.3 Å². The molecule has 2 aromatic carbocycles. The van der Waals surface area contributed by atoms with Crippen LogP contribution in [0.5, 0.6) is 0 Å². The molecule has 164 valence electrons. The van der Waals surface area contributed by atoms with E-state index in [-0.39, 0.29) is 24.1 Å². The minimum Gasteiger partial charge on any atom is -0.468 e. The second-order valence-corrected chi connectivity index (χ2v) is 8.45. The number of rotatable bonds is 11. The molecular formula is C24H35N3O2S. The molecule has 0 spiro atoms. The highest BCUT2D eigenvalue weighted by Gasteiger charge is 2.24. The van der Waals surface area contributed by atoms with Gasteiger partial charge in [0, 0.05) is 30.1 Å². The first-order valence-corrected chi connectivity index (χ1v) is 11.1. The minimum absolute atomic E-state index is 0.00868. The Kier molecular flexibility index (Phi) is 9.69. The molecule has 3 atom stereocenters. The maximum atomic E-state index is 12.3. The fraction of sp³-hybridized carbons (Fsp3) is 0.458. The van der Waals surface area contributed by atoms with Crippen molar-refractivity contribution in [3.05, 3.63) is 54.1 Å². The molecule has 0 saturated carbocycles. The first-order chi connectivity index (χ1) is 14.3. The number of ether oxygens (including phenoxy) is 1. The average Bonchev–Trinajstić information content (AvgIpc) is 2.76. The molecule has 5 nitrogen and oxygen atoms in total. The summed E-state index contributed by atoms with van der Waals surface area (Å²) < 4.78 is 5.02. The predicted octanol–water partition coefficient (Wildman–Crippen LogP) is 4.26. The summed E-state index contributed by atoms with van der Waals surface area (Å²) in [4.78, 5) is 12.3. The van der Waals surface area contributed by atoms with Crippen molar-refractivity contribution in [1.29, 1.82) is 0 Å². The maximum absolute atomic E-state index is 12.3. The van der Waals surface area contributed by atoms with Gasteiger partial charge in [0.25, 0.3) is 0 Å². The van der Waals surface area contributed by atoms with Crippen LogP contribution in [0.1, 0.15) is 38.8 Å². The zero-order valence-corrected chi connectivity index (χ0v) is 19.3. The number of methoxy groups -OCH3 is 1. The second kappa shape index (κ2) is 12.0. The average molecular weight is 430 g/mol. The van der Waals surface area contributed by atoms with Crippen LogP contribution in [0.4, 0.5) is 5.69 Å². The van der Waals surface area contributed by atoms with E-state index in [1.165, 1.54) is 7.11 Å². The highest BCUT2D eigenvalue weighted by Crippen LogP contribution is 2.31. The quantitative estimate of drug-likeness (QED) is 0.317. The van der Waals surface area contributed by atoms with Crippen molar-refractivity contribution in [3.8, 4) is 11.1 Å². The molecule has 1 unspecified atom stereocenters. The number of hydrogen-bond acceptors (Lipinski definition) is 6. The van der Waals surface area contributed by atoms with E-state index >= 15 is 0 Å². The number of carbonyl (C=O) groups excluding carboxylic acids is 1. The van der Waals surface area contributed by atoms with Gasteiger partial charge in [-0.2, -0.15) is 12.6 Å². The molecule has 2 aromatic rings. The van der Waals surface area contributed by atoms with Gasteiger partial charge in [0.1, 0.15) is 6.04 Å². The second-order valence-electron chi connectivity index (χ2n) is 8.09. The number of hydrogen-bond donors (Lipinski definition) is 4. The van der Waals surface area contributed by atoms with E-state index in [0.717, 1.165) is 28.8 Å². The predicted molar refractivity (Wildman–Crippen MR) is 129 cm³/mol. The molecule has 2 rings (SSSR count). The third-order valence-corrected chi connectivity index (χ3v) is 5.52. The van der Waals surface area contributed by atoms with Crippen molar-refractivity contribution < 1.29 is 9.53 Å². The van der Waals surface area contributed by atoms with E-state index in [0.29, 0.717) is 18.2 Å². The Morgan fingerprint density at radius 2 is 1.83 bits per heavy atom. The summed E-state index contributed by atoms with van der Waals surface area (Å²) in [5.74, 6) is 0.781. The van der Waals surface area contributed by atoms with Crippen LogP contribution in [0.3, 0.4) is 0 Å². The summed E-state index contributed by atoms with van der Waals surface area (Å²) in [5.41, 5.74) is 10.4. The highest BCUT2D eigenvalue weighted by atomic mass is 32.1. The Balaban J connectivity index is 2.33. The van der Waals surface area contributed by atoms with Crippen LogP contribution in [0.15, 0.2) is 48.5 Å². The molecule has 0 aliphatic carbocycles. The maximum Gasteiger partial charge on any atom is 0.322 e. The topological polar surface area (TPSA) is 76.4 Å². The van der Waals surface area contributed by atoms with E-state index in [1.807, 2.05) is 18.2 Å². The molecule has 0 aliphatic rings. The molecule has 0 bridgehead atoms. The van der Waals surface area contributed by atoms with E-state index < -0.39 is 0 Å². The molecule has 0 heterocycles. The minimum atomic E-state index is -0.347. The largest absolute Gasteiger partial charge is 0.468 e. The fourth-order valence-electron chi connectivity index (χ4n) is 3.46. The van der Waals surface area contributed by atoms with Crippen LogP contribution in [0.25, 0.3) is 11.1 Å².